The second-order valence-corrected chi connectivity index (χ2v) is 10.6. The molecular weight excluding hydrogens is 540 g/mol. The highest BCUT2D eigenvalue weighted by Crippen LogP contribution is 2.54. The topological polar surface area (TPSA) is 119 Å². The summed E-state index contributed by atoms with van der Waals surface area (Å²) in [6, 6.07) is 25.0. The Kier molecular flexibility index (Phi) is 6.93. The van der Waals surface area contributed by atoms with E-state index in [1.807, 2.05) is 36.4 Å². The molecule has 0 spiro atoms. The number of anilines is 2. The Morgan fingerprint density at radius 1 is 0.951 bits per heavy atom. The number of fused-ring (bicyclic) bond motifs is 5. The number of hydrogen-bond acceptors (Lipinski definition) is 6. The summed E-state index contributed by atoms with van der Waals surface area (Å²) < 4.78 is 16.4. The molecule has 1 amide bonds. The highest BCUT2D eigenvalue weighted by molar-refractivity contribution is 6.30. The Balaban J connectivity index is 1.31. The number of amidine groups is 1. The predicted molar refractivity (Wildman–Crippen MR) is 160 cm³/mol. The van der Waals surface area contributed by atoms with Gasteiger partial charge in [0, 0.05) is 28.3 Å². The van der Waals surface area contributed by atoms with Crippen molar-refractivity contribution in [2.45, 2.75) is 18.4 Å². The van der Waals surface area contributed by atoms with Gasteiger partial charge in [-0.25, -0.2) is 4.79 Å². The van der Waals surface area contributed by atoms with Gasteiger partial charge in [0.2, 0.25) is 0 Å². The van der Waals surface area contributed by atoms with Crippen molar-refractivity contribution in [1.29, 1.82) is 5.41 Å². The summed E-state index contributed by atoms with van der Waals surface area (Å²) in [7, 11) is 3.06. The van der Waals surface area contributed by atoms with E-state index in [0.717, 1.165) is 23.2 Å². The van der Waals surface area contributed by atoms with E-state index in [1.165, 1.54) is 24.3 Å². The van der Waals surface area contributed by atoms with Crippen LogP contribution >= 0.6 is 11.6 Å². The van der Waals surface area contributed by atoms with Crippen LogP contribution in [0.25, 0.3) is 0 Å². The van der Waals surface area contributed by atoms with Crippen molar-refractivity contribution < 1.29 is 19.0 Å². The van der Waals surface area contributed by atoms with E-state index in [-0.39, 0.29) is 29.5 Å². The lowest BCUT2D eigenvalue weighted by Crippen LogP contribution is -2.31. The quantitative estimate of drug-likeness (QED) is 0.151. The van der Waals surface area contributed by atoms with Crippen LogP contribution in [-0.2, 0) is 6.42 Å². The van der Waals surface area contributed by atoms with E-state index in [0.29, 0.717) is 27.8 Å². The van der Waals surface area contributed by atoms with Crippen LogP contribution in [0.1, 0.15) is 39.8 Å². The Labute approximate surface area is 242 Å². The predicted octanol–water partition coefficient (Wildman–Crippen LogP) is 6.72. The van der Waals surface area contributed by atoms with Gasteiger partial charge in [-0.1, -0.05) is 41.9 Å². The smallest absolute Gasteiger partial charge is 0.417 e. The van der Waals surface area contributed by atoms with E-state index in [4.69, 9.17) is 37.0 Å². The van der Waals surface area contributed by atoms with Crippen LogP contribution in [0.2, 0.25) is 5.02 Å². The van der Waals surface area contributed by atoms with Crippen molar-refractivity contribution in [3.05, 3.63) is 112 Å². The maximum Gasteiger partial charge on any atom is 0.417 e. The number of ether oxygens (including phenoxy) is 3. The summed E-state index contributed by atoms with van der Waals surface area (Å²) in [5, 5.41) is 14.9. The van der Waals surface area contributed by atoms with Crippen molar-refractivity contribution in [2.75, 3.05) is 24.9 Å². The minimum absolute atomic E-state index is 0.0197. The van der Waals surface area contributed by atoms with Crippen molar-refractivity contribution in [3.63, 3.8) is 0 Å². The third kappa shape index (κ3) is 4.91. The van der Waals surface area contributed by atoms with Gasteiger partial charge in [-0.2, -0.15) is 0 Å². The van der Waals surface area contributed by atoms with Crippen LogP contribution in [0.5, 0.6) is 17.2 Å². The third-order valence-electron chi connectivity index (χ3n) is 7.86. The zero-order chi connectivity index (χ0) is 28.7. The molecule has 0 saturated heterocycles. The van der Waals surface area contributed by atoms with Gasteiger partial charge >= 0.3 is 6.09 Å². The number of methoxy groups -OCH3 is 2. The number of benzene rings is 4. The SMILES string of the molecule is COc1cc(C2Nc3ccc(C(=N)N)cc3C3c4ccccc4CC23)ccc1NC(=O)Oc1cc(Cl)ccc1OC. The molecule has 5 N–H and O–H groups in total. The maximum atomic E-state index is 12.8. The molecule has 0 fully saturated rings. The highest BCUT2D eigenvalue weighted by Gasteiger charge is 2.43. The number of halogens is 1. The lowest BCUT2D eigenvalue weighted by atomic mass is 9.75. The normalized spacial score (nSPS) is 18.3. The van der Waals surface area contributed by atoms with Gasteiger partial charge in [0.15, 0.2) is 11.5 Å². The van der Waals surface area contributed by atoms with Crippen molar-refractivity contribution in [2.24, 2.45) is 11.7 Å². The molecule has 2 aliphatic rings. The molecule has 1 heterocycles. The first-order valence-corrected chi connectivity index (χ1v) is 13.6. The molecule has 0 radical (unpaired) electrons. The van der Waals surface area contributed by atoms with Gasteiger partial charge < -0.3 is 25.3 Å². The van der Waals surface area contributed by atoms with E-state index >= 15 is 0 Å². The second-order valence-electron chi connectivity index (χ2n) is 10.2. The minimum Gasteiger partial charge on any atom is -0.495 e. The molecule has 8 nitrogen and oxygen atoms in total. The van der Waals surface area contributed by atoms with Crippen LogP contribution in [0.3, 0.4) is 0 Å². The monoisotopic (exact) mass is 568 g/mol. The fraction of sp³-hybridized carbons (Fsp3) is 0.188. The Hall–Kier alpha value is -4.69. The van der Waals surface area contributed by atoms with E-state index in [1.54, 1.807) is 19.2 Å². The first-order chi connectivity index (χ1) is 19.9. The Morgan fingerprint density at radius 3 is 2.54 bits per heavy atom. The lowest BCUT2D eigenvalue weighted by Gasteiger charge is -2.38. The summed E-state index contributed by atoms with van der Waals surface area (Å²) >= 11 is 6.07. The van der Waals surface area contributed by atoms with Gasteiger partial charge in [-0.15, -0.1) is 0 Å². The summed E-state index contributed by atoms with van der Waals surface area (Å²) in [6.45, 7) is 0. The lowest BCUT2D eigenvalue weighted by molar-refractivity contribution is 0.213. The molecule has 208 valence electrons. The largest absolute Gasteiger partial charge is 0.495 e. The fourth-order valence-corrected chi connectivity index (χ4v) is 6.19. The first-order valence-electron chi connectivity index (χ1n) is 13.2. The Bertz CT molecular complexity index is 1670. The molecule has 9 heteroatoms. The number of carbonyl (C=O) groups excluding carboxylic acids is 1. The van der Waals surface area contributed by atoms with E-state index in [2.05, 4.69) is 34.9 Å². The fourth-order valence-electron chi connectivity index (χ4n) is 6.03. The molecule has 3 unspecified atom stereocenters. The first kappa shape index (κ1) is 26.5. The summed E-state index contributed by atoms with van der Waals surface area (Å²) in [5.41, 5.74) is 12.8. The number of nitrogen functional groups attached to an aromatic ring is 1. The number of nitrogens with one attached hydrogen (secondary N) is 3. The zero-order valence-electron chi connectivity index (χ0n) is 22.5. The van der Waals surface area contributed by atoms with Crippen molar-refractivity contribution in [3.8, 4) is 17.2 Å². The van der Waals surface area contributed by atoms with Crippen LogP contribution in [0.4, 0.5) is 16.2 Å². The number of amides is 1. The van der Waals surface area contributed by atoms with Gasteiger partial charge in [0.25, 0.3) is 0 Å². The average molecular weight is 569 g/mol. The van der Waals surface area contributed by atoms with Crippen LogP contribution in [-0.4, -0.2) is 26.1 Å². The van der Waals surface area contributed by atoms with Crippen molar-refractivity contribution in [1.82, 2.24) is 0 Å². The number of nitrogens with two attached hydrogens (primary N) is 1. The van der Waals surface area contributed by atoms with Gasteiger partial charge in [-0.05, 0) is 77.1 Å². The molecule has 0 bridgehead atoms. The molecule has 6 rings (SSSR count). The second kappa shape index (κ2) is 10.7. The summed E-state index contributed by atoms with van der Waals surface area (Å²) in [4.78, 5) is 12.8. The Morgan fingerprint density at radius 2 is 1.76 bits per heavy atom. The molecule has 4 aromatic rings. The molecule has 1 aliphatic carbocycles. The molecule has 3 atom stereocenters. The number of carbonyl (C=O) groups is 1. The van der Waals surface area contributed by atoms with Gasteiger partial charge in [0.1, 0.15) is 11.6 Å². The van der Waals surface area contributed by atoms with Gasteiger partial charge in [-0.3, -0.25) is 10.7 Å². The number of hydrogen-bond donors (Lipinski definition) is 4. The number of rotatable bonds is 6. The molecule has 41 heavy (non-hydrogen) atoms. The highest BCUT2D eigenvalue weighted by atomic mass is 35.5. The van der Waals surface area contributed by atoms with Crippen molar-refractivity contribution >= 4 is 34.9 Å². The van der Waals surface area contributed by atoms with E-state index < -0.39 is 6.09 Å². The molecule has 0 saturated carbocycles. The van der Waals surface area contributed by atoms with Crippen LogP contribution in [0, 0.1) is 11.3 Å². The minimum atomic E-state index is -0.700. The zero-order valence-corrected chi connectivity index (χ0v) is 23.3. The third-order valence-corrected chi connectivity index (χ3v) is 8.10. The average Bonchev–Trinajstić information content (AvgIpc) is 3.37. The summed E-state index contributed by atoms with van der Waals surface area (Å²) in [6.07, 6.45) is 0.201. The molecule has 0 aromatic heterocycles. The molecule has 1 aliphatic heterocycles. The maximum absolute atomic E-state index is 12.8. The van der Waals surface area contributed by atoms with E-state index in [9.17, 15) is 4.79 Å². The van der Waals surface area contributed by atoms with Gasteiger partial charge in [0.05, 0.1) is 25.9 Å². The molecular formula is C32H29ClN4O4. The molecule has 4 aromatic carbocycles. The summed E-state index contributed by atoms with van der Waals surface area (Å²) in [5.74, 6) is 1.53. The standard InChI is InChI=1S/C32H29ClN4O4/c1-39-26-12-9-20(33)16-28(26)41-32(38)37-25-11-7-18(15-27(25)40-2)30-23-13-17-5-3-4-6-21(17)29(23)22-14-19(31(34)35)8-10-24(22)36-30/h3-12,14-16,23,29-30,36H,13H2,1-2H3,(H3,34,35)(H,37,38). The van der Waals surface area contributed by atoms with Crippen LogP contribution in [0.15, 0.2) is 78.9 Å². The van der Waals surface area contributed by atoms with Crippen LogP contribution < -0.4 is 30.6 Å².